The maximum atomic E-state index is 3.22. The zero-order valence-corrected chi connectivity index (χ0v) is 11.1. The lowest BCUT2D eigenvalue weighted by atomic mass is 10.3. The third kappa shape index (κ3) is 1.93. The van der Waals surface area contributed by atoms with Gasteiger partial charge in [-0.05, 0) is 57.3 Å². The lowest BCUT2D eigenvalue weighted by Crippen LogP contribution is -2.29. The summed E-state index contributed by atoms with van der Waals surface area (Å²) in [7, 11) is 0. The predicted octanol–water partition coefficient (Wildman–Crippen LogP) is 2.89. The Kier molecular flexibility index (Phi) is 2.97. The van der Waals surface area contributed by atoms with Crippen LogP contribution in [-0.2, 0) is 0 Å². The van der Waals surface area contributed by atoms with Crippen LogP contribution in [-0.4, -0.2) is 4.17 Å². The van der Waals surface area contributed by atoms with E-state index in [0.29, 0.717) is 4.17 Å². The first-order chi connectivity index (χ1) is 6.29. The summed E-state index contributed by atoms with van der Waals surface area (Å²) in [6.45, 7) is 0. The van der Waals surface area contributed by atoms with Crippen molar-refractivity contribution in [3.8, 4) is 0 Å². The molecule has 1 N–H and O–H groups in total. The molecule has 0 aromatic heterocycles. The van der Waals surface area contributed by atoms with Crippen LogP contribution in [0.4, 0.5) is 5.69 Å². The second-order valence-corrected chi connectivity index (χ2v) is 5.02. The van der Waals surface area contributed by atoms with Gasteiger partial charge in [-0.2, -0.15) is 0 Å². The fourth-order valence-electron chi connectivity index (χ4n) is 1.22. The Balaban J connectivity index is 2.35. The van der Waals surface area contributed by atoms with Gasteiger partial charge in [0.05, 0.1) is 5.69 Å². The number of alkyl halides is 1. The highest BCUT2D eigenvalue weighted by atomic mass is 127. The van der Waals surface area contributed by atoms with Crippen molar-refractivity contribution >= 4 is 50.9 Å². The Bertz CT molecular complexity index is 338. The van der Waals surface area contributed by atoms with Gasteiger partial charge in [0.15, 0.2) is 4.17 Å². The topological polar surface area (TPSA) is 15.3 Å². The largest absolute Gasteiger partial charge is 0.362 e. The quantitative estimate of drug-likeness (QED) is 0.445. The molecule has 0 aliphatic carbocycles. The predicted molar refractivity (Wildman–Crippen MR) is 71.7 cm³/mol. The minimum atomic E-state index is 0.327. The van der Waals surface area contributed by atoms with Gasteiger partial charge < -0.3 is 10.2 Å². The SMILES string of the molecule is Ic1ccccc1N1C=CNC1I. The molecule has 0 bridgehead atoms. The van der Waals surface area contributed by atoms with Crippen molar-refractivity contribution in [2.24, 2.45) is 0 Å². The molecule has 1 heterocycles. The Hall–Kier alpha value is 0.0200. The van der Waals surface area contributed by atoms with Crippen LogP contribution >= 0.6 is 45.2 Å². The summed E-state index contributed by atoms with van der Waals surface area (Å²) >= 11 is 4.72. The van der Waals surface area contributed by atoms with E-state index in [1.54, 1.807) is 0 Å². The van der Waals surface area contributed by atoms with Crippen molar-refractivity contribution in [2.45, 2.75) is 4.17 Å². The van der Waals surface area contributed by atoms with E-state index in [2.05, 4.69) is 85.9 Å². The molecule has 0 radical (unpaired) electrons. The van der Waals surface area contributed by atoms with Crippen LogP contribution in [0.3, 0.4) is 0 Å². The molecule has 4 heteroatoms. The van der Waals surface area contributed by atoms with Gasteiger partial charge in [0.2, 0.25) is 0 Å². The summed E-state index contributed by atoms with van der Waals surface area (Å²) in [4.78, 5) is 2.21. The molecule has 1 aromatic carbocycles. The molecule has 0 fully saturated rings. The smallest absolute Gasteiger partial charge is 0.156 e. The molecule has 0 saturated carbocycles. The molecule has 0 saturated heterocycles. The van der Waals surface area contributed by atoms with Gasteiger partial charge >= 0.3 is 0 Å². The highest BCUT2D eigenvalue weighted by Gasteiger charge is 2.17. The van der Waals surface area contributed by atoms with Crippen LogP contribution in [0.15, 0.2) is 36.7 Å². The van der Waals surface area contributed by atoms with Crippen LogP contribution in [0.1, 0.15) is 0 Å². The Morgan fingerprint density at radius 2 is 2.08 bits per heavy atom. The second-order valence-electron chi connectivity index (χ2n) is 2.68. The lowest BCUT2D eigenvalue weighted by molar-refractivity contribution is 0.866. The van der Waals surface area contributed by atoms with Crippen molar-refractivity contribution in [2.75, 3.05) is 4.90 Å². The van der Waals surface area contributed by atoms with Crippen molar-refractivity contribution in [1.82, 2.24) is 5.32 Å². The summed E-state index contributed by atoms with van der Waals surface area (Å²) < 4.78 is 1.60. The summed E-state index contributed by atoms with van der Waals surface area (Å²) in [6, 6.07) is 8.36. The first-order valence-corrected chi connectivity index (χ1v) is 6.21. The Morgan fingerprint density at radius 3 is 2.69 bits per heavy atom. The van der Waals surface area contributed by atoms with Gasteiger partial charge in [-0.3, -0.25) is 0 Å². The highest BCUT2D eigenvalue weighted by Crippen LogP contribution is 2.27. The number of anilines is 1. The van der Waals surface area contributed by atoms with E-state index in [-0.39, 0.29) is 0 Å². The summed E-state index contributed by atoms with van der Waals surface area (Å²) in [5.41, 5.74) is 1.25. The maximum Gasteiger partial charge on any atom is 0.156 e. The standard InChI is InChI=1S/C9H8I2N2/c10-7-3-1-2-4-8(7)13-6-5-12-9(13)11/h1-6,9,12H. The number of para-hydroxylation sites is 1. The number of nitrogens with zero attached hydrogens (tertiary/aromatic N) is 1. The number of halogens is 2. The van der Waals surface area contributed by atoms with E-state index in [1.165, 1.54) is 9.26 Å². The fraction of sp³-hybridized carbons (Fsp3) is 0.111. The van der Waals surface area contributed by atoms with Crippen LogP contribution in [0.2, 0.25) is 0 Å². The van der Waals surface area contributed by atoms with Gasteiger partial charge in [-0.15, -0.1) is 0 Å². The minimum Gasteiger partial charge on any atom is -0.362 e. The first-order valence-electron chi connectivity index (χ1n) is 3.89. The number of hydrogen-bond donors (Lipinski definition) is 1. The number of benzene rings is 1. The Morgan fingerprint density at radius 1 is 1.31 bits per heavy atom. The molecule has 0 amide bonds. The van der Waals surface area contributed by atoms with E-state index < -0.39 is 0 Å². The van der Waals surface area contributed by atoms with Crippen molar-refractivity contribution in [3.05, 3.63) is 40.2 Å². The molecule has 1 aliphatic rings. The fourth-order valence-corrected chi connectivity index (χ4v) is 2.58. The molecule has 2 nitrogen and oxygen atoms in total. The van der Waals surface area contributed by atoms with E-state index >= 15 is 0 Å². The number of rotatable bonds is 1. The minimum absolute atomic E-state index is 0.327. The van der Waals surface area contributed by atoms with Crippen LogP contribution in [0, 0.1) is 3.57 Å². The molecule has 1 unspecified atom stereocenters. The van der Waals surface area contributed by atoms with E-state index in [0.717, 1.165) is 0 Å². The van der Waals surface area contributed by atoms with Gasteiger partial charge in [-0.25, -0.2) is 0 Å². The van der Waals surface area contributed by atoms with Gasteiger partial charge in [0.25, 0.3) is 0 Å². The van der Waals surface area contributed by atoms with Crippen LogP contribution in [0.25, 0.3) is 0 Å². The third-order valence-electron chi connectivity index (χ3n) is 1.84. The third-order valence-corrected chi connectivity index (χ3v) is 3.72. The molecule has 0 spiro atoms. The van der Waals surface area contributed by atoms with Gasteiger partial charge in [0.1, 0.15) is 0 Å². The highest BCUT2D eigenvalue weighted by molar-refractivity contribution is 14.1. The van der Waals surface area contributed by atoms with Crippen molar-refractivity contribution in [1.29, 1.82) is 0 Å². The molecular weight excluding hydrogens is 390 g/mol. The molecule has 1 aromatic rings. The molecule has 2 rings (SSSR count). The first kappa shape index (κ1) is 9.57. The van der Waals surface area contributed by atoms with Gasteiger partial charge in [0, 0.05) is 16.0 Å². The van der Waals surface area contributed by atoms with Crippen LogP contribution < -0.4 is 10.2 Å². The summed E-state index contributed by atoms with van der Waals surface area (Å²) in [5.74, 6) is 0. The van der Waals surface area contributed by atoms with E-state index in [4.69, 9.17) is 0 Å². The zero-order valence-electron chi connectivity index (χ0n) is 6.74. The summed E-state index contributed by atoms with van der Waals surface area (Å²) in [6.07, 6.45) is 4.04. The average molecular weight is 398 g/mol. The van der Waals surface area contributed by atoms with Crippen LogP contribution in [0.5, 0.6) is 0 Å². The van der Waals surface area contributed by atoms with Crippen molar-refractivity contribution in [3.63, 3.8) is 0 Å². The summed E-state index contributed by atoms with van der Waals surface area (Å²) in [5, 5.41) is 3.22. The maximum absolute atomic E-state index is 3.22. The second kappa shape index (κ2) is 4.04. The van der Waals surface area contributed by atoms with E-state index in [1.807, 2.05) is 6.20 Å². The number of hydrogen-bond acceptors (Lipinski definition) is 2. The van der Waals surface area contributed by atoms with E-state index in [9.17, 15) is 0 Å². The normalized spacial score (nSPS) is 20.5. The lowest BCUT2D eigenvalue weighted by Gasteiger charge is -2.21. The number of nitrogens with one attached hydrogen (secondary N) is 1. The average Bonchev–Trinajstić information content (AvgIpc) is 2.52. The molecule has 68 valence electrons. The molecular formula is C9H8I2N2. The van der Waals surface area contributed by atoms with Gasteiger partial charge in [-0.1, -0.05) is 12.1 Å². The molecule has 1 atom stereocenters. The van der Waals surface area contributed by atoms with Crippen molar-refractivity contribution < 1.29 is 0 Å². The molecule has 13 heavy (non-hydrogen) atoms. The zero-order chi connectivity index (χ0) is 9.26. The Labute approximate surface area is 105 Å². The molecule has 1 aliphatic heterocycles. The monoisotopic (exact) mass is 398 g/mol.